The number of rotatable bonds is 5. The highest BCUT2D eigenvalue weighted by Gasteiger charge is 1.99. The minimum Gasteiger partial charge on any atom is -0.493 e. The Morgan fingerprint density at radius 2 is 2.06 bits per heavy atom. The summed E-state index contributed by atoms with van der Waals surface area (Å²) in [7, 11) is 0. The molecule has 1 aromatic carbocycles. The summed E-state index contributed by atoms with van der Waals surface area (Å²) in [4.78, 5) is 0. The summed E-state index contributed by atoms with van der Waals surface area (Å²) in [5, 5.41) is 11.5. The molecule has 2 rings (SSSR count). The van der Waals surface area contributed by atoms with E-state index in [1.165, 1.54) is 17.3 Å². The van der Waals surface area contributed by atoms with Crippen LogP contribution in [-0.2, 0) is 0 Å². The molecule has 0 unspecified atom stereocenters. The van der Waals surface area contributed by atoms with Gasteiger partial charge in [-0.2, -0.15) is 5.10 Å². The third-order valence-corrected chi connectivity index (χ3v) is 2.12. The zero-order valence-electron chi connectivity index (χ0n) is 9.65. The van der Waals surface area contributed by atoms with Crippen molar-refractivity contribution in [2.75, 3.05) is 6.61 Å². The average Bonchev–Trinajstić information content (AvgIpc) is 2.88. The lowest BCUT2D eigenvalue weighted by Crippen LogP contribution is -1.98. The van der Waals surface area contributed by atoms with Crippen LogP contribution in [0.5, 0.6) is 5.75 Å². The topological polar surface area (TPSA) is 52.3 Å². The number of benzene rings is 1. The maximum absolute atomic E-state index is 5.62. The Balaban J connectivity index is 2.14. The van der Waals surface area contributed by atoms with Gasteiger partial charge in [0.15, 0.2) is 0 Å². The lowest BCUT2D eigenvalue weighted by molar-refractivity contribution is 0.317. The minimum absolute atomic E-state index is 0.706. The first kappa shape index (κ1) is 11.3. The molecule has 0 spiro atoms. The van der Waals surface area contributed by atoms with Gasteiger partial charge in [0, 0.05) is 5.56 Å². The second-order valence-corrected chi connectivity index (χ2v) is 3.47. The van der Waals surface area contributed by atoms with E-state index < -0.39 is 0 Å². The molecule has 2 aromatic rings. The van der Waals surface area contributed by atoms with Gasteiger partial charge in [0.25, 0.3) is 0 Å². The highest BCUT2D eigenvalue weighted by atomic mass is 16.5. The predicted octanol–water partition coefficient (Wildman–Crippen LogP) is 1.95. The Kier molecular flexibility index (Phi) is 3.85. The van der Waals surface area contributed by atoms with Crippen LogP contribution in [0, 0.1) is 0 Å². The van der Waals surface area contributed by atoms with Crippen molar-refractivity contribution in [1.82, 2.24) is 14.9 Å². The van der Waals surface area contributed by atoms with E-state index in [2.05, 4.69) is 22.2 Å². The molecule has 88 valence electrons. The van der Waals surface area contributed by atoms with Crippen LogP contribution in [0.4, 0.5) is 0 Å². The number of hydrogen-bond donors (Lipinski definition) is 0. The van der Waals surface area contributed by atoms with Gasteiger partial charge >= 0.3 is 0 Å². The number of ether oxygens (including phenoxy) is 1. The quantitative estimate of drug-likeness (QED) is 0.738. The standard InChI is InChI=1S/C12H14N4O/c1-2-7-17-12-6-4-3-5-11(12)8-15-16-9-13-14-10-16/h3-6,8-10H,2,7H2,1H3. The fourth-order valence-electron chi connectivity index (χ4n) is 1.31. The number of hydrogen-bond acceptors (Lipinski definition) is 4. The lowest BCUT2D eigenvalue weighted by Gasteiger charge is -2.06. The van der Waals surface area contributed by atoms with Crippen LogP contribution in [0.1, 0.15) is 18.9 Å². The van der Waals surface area contributed by atoms with Gasteiger partial charge < -0.3 is 4.74 Å². The van der Waals surface area contributed by atoms with Crippen molar-refractivity contribution in [2.45, 2.75) is 13.3 Å². The summed E-state index contributed by atoms with van der Waals surface area (Å²) in [5.74, 6) is 0.839. The predicted molar refractivity (Wildman–Crippen MR) is 65.2 cm³/mol. The normalized spacial score (nSPS) is 10.9. The van der Waals surface area contributed by atoms with Crippen molar-refractivity contribution in [3.8, 4) is 5.75 Å². The van der Waals surface area contributed by atoms with Gasteiger partial charge in [0.05, 0.1) is 12.8 Å². The Hall–Kier alpha value is -2.17. The van der Waals surface area contributed by atoms with E-state index in [9.17, 15) is 0 Å². The number of para-hydroxylation sites is 1. The molecule has 1 heterocycles. The Labute approximate surface area is 99.8 Å². The van der Waals surface area contributed by atoms with Crippen LogP contribution >= 0.6 is 0 Å². The maximum Gasteiger partial charge on any atom is 0.141 e. The Morgan fingerprint density at radius 1 is 1.29 bits per heavy atom. The molecule has 0 N–H and O–H groups in total. The first-order chi connectivity index (χ1) is 8.40. The van der Waals surface area contributed by atoms with Gasteiger partial charge in [0.2, 0.25) is 0 Å². The molecule has 0 saturated heterocycles. The van der Waals surface area contributed by atoms with Crippen molar-refractivity contribution in [2.24, 2.45) is 5.10 Å². The molecule has 0 aliphatic rings. The molecule has 0 aliphatic carbocycles. The van der Waals surface area contributed by atoms with Crippen LogP contribution in [0.2, 0.25) is 0 Å². The summed E-state index contributed by atoms with van der Waals surface area (Å²) in [6, 6.07) is 7.79. The molecule has 0 atom stereocenters. The molecule has 5 nitrogen and oxygen atoms in total. The highest BCUT2D eigenvalue weighted by Crippen LogP contribution is 2.15. The largest absolute Gasteiger partial charge is 0.493 e. The van der Waals surface area contributed by atoms with Gasteiger partial charge in [0.1, 0.15) is 18.4 Å². The summed E-state index contributed by atoms with van der Waals surface area (Å²) < 4.78 is 7.16. The smallest absolute Gasteiger partial charge is 0.141 e. The van der Waals surface area contributed by atoms with Crippen LogP contribution in [0.3, 0.4) is 0 Å². The number of nitrogens with zero attached hydrogens (tertiary/aromatic N) is 4. The molecule has 0 aliphatic heterocycles. The molecule has 0 saturated carbocycles. The van der Waals surface area contributed by atoms with Crippen molar-refractivity contribution in [3.05, 3.63) is 42.5 Å². The zero-order chi connectivity index (χ0) is 11.9. The monoisotopic (exact) mass is 230 g/mol. The van der Waals surface area contributed by atoms with Crippen molar-refractivity contribution in [3.63, 3.8) is 0 Å². The van der Waals surface area contributed by atoms with Gasteiger partial charge in [-0.15, -0.1) is 10.2 Å². The third kappa shape index (κ3) is 3.14. The van der Waals surface area contributed by atoms with Crippen molar-refractivity contribution in [1.29, 1.82) is 0 Å². The Morgan fingerprint density at radius 3 is 2.82 bits per heavy atom. The Bertz CT molecular complexity index is 479. The fraction of sp³-hybridized carbons (Fsp3) is 0.250. The zero-order valence-corrected chi connectivity index (χ0v) is 9.65. The highest BCUT2D eigenvalue weighted by molar-refractivity contribution is 5.83. The fourth-order valence-corrected chi connectivity index (χ4v) is 1.31. The SMILES string of the molecule is CCCOc1ccccc1C=Nn1cnnc1. The van der Waals surface area contributed by atoms with Gasteiger partial charge in [-0.05, 0) is 18.6 Å². The van der Waals surface area contributed by atoms with Crippen LogP contribution in [0.25, 0.3) is 0 Å². The second-order valence-electron chi connectivity index (χ2n) is 3.47. The summed E-state index contributed by atoms with van der Waals surface area (Å²) in [6.45, 7) is 2.78. The van der Waals surface area contributed by atoms with Crippen LogP contribution < -0.4 is 4.74 Å². The van der Waals surface area contributed by atoms with Crippen molar-refractivity contribution >= 4 is 6.21 Å². The molecule has 0 amide bonds. The van der Waals surface area contributed by atoms with E-state index in [1.54, 1.807) is 6.21 Å². The van der Waals surface area contributed by atoms with Crippen LogP contribution in [0.15, 0.2) is 42.0 Å². The molecule has 0 radical (unpaired) electrons. The van der Waals surface area contributed by atoms with E-state index in [0.29, 0.717) is 6.61 Å². The van der Waals surface area contributed by atoms with E-state index in [4.69, 9.17) is 4.74 Å². The van der Waals surface area contributed by atoms with Gasteiger partial charge in [-0.3, -0.25) is 0 Å². The lowest BCUT2D eigenvalue weighted by atomic mass is 10.2. The molecular weight excluding hydrogens is 216 g/mol. The van der Waals surface area contributed by atoms with Crippen molar-refractivity contribution < 1.29 is 4.74 Å². The first-order valence-corrected chi connectivity index (χ1v) is 5.51. The molecule has 1 aromatic heterocycles. The van der Waals surface area contributed by atoms with E-state index in [0.717, 1.165) is 17.7 Å². The van der Waals surface area contributed by atoms with E-state index in [1.807, 2.05) is 24.3 Å². The van der Waals surface area contributed by atoms with Gasteiger partial charge in [-0.1, -0.05) is 19.1 Å². The van der Waals surface area contributed by atoms with Crippen LogP contribution in [-0.4, -0.2) is 27.7 Å². The average molecular weight is 230 g/mol. The number of aromatic nitrogens is 3. The summed E-state index contributed by atoms with van der Waals surface area (Å²) in [5.41, 5.74) is 0.939. The van der Waals surface area contributed by atoms with Gasteiger partial charge in [-0.25, -0.2) is 4.68 Å². The third-order valence-electron chi connectivity index (χ3n) is 2.12. The summed E-state index contributed by atoms with van der Waals surface area (Å²) in [6.07, 6.45) is 5.78. The molecule has 0 fully saturated rings. The maximum atomic E-state index is 5.62. The minimum atomic E-state index is 0.706. The second kappa shape index (κ2) is 5.79. The van der Waals surface area contributed by atoms with E-state index >= 15 is 0 Å². The summed E-state index contributed by atoms with van der Waals surface area (Å²) >= 11 is 0. The molecule has 5 heteroatoms. The molecule has 0 bridgehead atoms. The van der Waals surface area contributed by atoms with E-state index in [-0.39, 0.29) is 0 Å². The molecular formula is C12H14N4O. The first-order valence-electron chi connectivity index (χ1n) is 5.51. The molecule has 17 heavy (non-hydrogen) atoms.